The highest BCUT2D eigenvalue weighted by molar-refractivity contribution is 7.13. The van der Waals surface area contributed by atoms with E-state index in [0.29, 0.717) is 11.4 Å². The molecule has 7 heteroatoms. The van der Waals surface area contributed by atoms with Crippen LogP contribution in [0, 0.1) is 13.8 Å². The lowest BCUT2D eigenvalue weighted by Gasteiger charge is -1.90. The van der Waals surface area contributed by atoms with E-state index in [2.05, 4.69) is 9.97 Å². The van der Waals surface area contributed by atoms with Crippen LogP contribution in [0.4, 0.5) is 0 Å². The van der Waals surface area contributed by atoms with Gasteiger partial charge in [-0.3, -0.25) is 4.79 Å². The molecule has 2 N–H and O–H groups in total. The van der Waals surface area contributed by atoms with Crippen LogP contribution in [-0.2, 0) is 12.8 Å². The maximum atomic E-state index is 10.9. The second-order valence-corrected chi connectivity index (χ2v) is 6.41. The van der Waals surface area contributed by atoms with Gasteiger partial charge in [0.05, 0.1) is 16.9 Å². The topological polar surface area (TPSA) is 83.3 Å². The number of Topliss-reactive ketones (excluding diaryl/α,β-unsaturated/α-hetero) is 1. The number of hydrogen-bond acceptors (Lipinski definition) is 7. The van der Waals surface area contributed by atoms with E-state index >= 15 is 0 Å². The zero-order chi connectivity index (χ0) is 15.8. The van der Waals surface area contributed by atoms with E-state index in [0.717, 1.165) is 22.7 Å². The molecule has 0 amide bonds. The summed E-state index contributed by atoms with van der Waals surface area (Å²) in [6.07, 6.45) is 1.34. The molecule has 116 valence electrons. The molecule has 0 unspecified atom stereocenters. The average molecular weight is 328 g/mol. The number of aryl methyl sites for hydroxylation is 2. The molecule has 2 heterocycles. The first-order valence-electron chi connectivity index (χ1n) is 6.57. The van der Waals surface area contributed by atoms with E-state index < -0.39 is 0 Å². The van der Waals surface area contributed by atoms with Gasteiger partial charge >= 0.3 is 0 Å². The lowest BCUT2D eigenvalue weighted by atomic mass is 10.3. The summed E-state index contributed by atoms with van der Waals surface area (Å²) in [5, 5.41) is 17.8. The van der Waals surface area contributed by atoms with Gasteiger partial charge in [-0.15, -0.1) is 22.7 Å². The van der Waals surface area contributed by atoms with Crippen molar-refractivity contribution in [3.8, 4) is 0 Å². The van der Waals surface area contributed by atoms with Crippen LogP contribution in [-0.4, -0.2) is 39.2 Å². The zero-order valence-corrected chi connectivity index (χ0v) is 14.1. The van der Waals surface area contributed by atoms with E-state index in [-0.39, 0.29) is 19.0 Å². The standard InChI is InChI=1S/C8H11NO2S.C6H9NOS/c1-5-7(3-4-10)12-8(9-5)6(2)11;1-5-6(2-3-8)9-4-7-5/h10H,3-4H2,1-2H3;4,8H,2-3H2,1H3. The van der Waals surface area contributed by atoms with E-state index in [4.69, 9.17) is 10.2 Å². The molecule has 2 aromatic heterocycles. The fourth-order valence-electron chi connectivity index (χ4n) is 1.58. The summed E-state index contributed by atoms with van der Waals surface area (Å²) in [4.78, 5) is 21.2. The van der Waals surface area contributed by atoms with E-state index in [1.54, 1.807) is 16.8 Å². The van der Waals surface area contributed by atoms with Crippen molar-refractivity contribution in [2.75, 3.05) is 13.2 Å². The van der Waals surface area contributed by atoms with Crippen LogP contribution in [0.15, 0.2) is 5.51 Å². The van der Waals surface area contributed by atoms with E-state index in [1.807, 2.05) is 13.8 Å². The van der Waals surface area contributed by atoms with Crippen molar-refractivity contribution in [3.05, 3.63) is 31.7 Å². The molecule has 0 aliphatic rings. The molecule has 0 bridgehead atoms. The molecule has 0 aliphatic carbocycles. The molecular weight excluding hydrogens is 308 g/mol. The molecule has 0 saturated carbocycles. The minimum absolute atomic E-state index is 0.00714. The molecule has 2 rings (SSSR count). The average Bonchev–Trinajstić information content (AvgIpc) is 2.99. The molecule has 21 heavy (non-hydrogen) atoms. The minimum atomic E-state index is -0.00714. The molecule has 0 atom stereocenters. The Bertz CT molecular complexity index is 579. The highest BCUT2D eigenvalue weighted by Crippen LogP contribution is 2.18. The van der Waals surface area contributed by atoms with Gasteiger partial charge in [-0.2, -0.15) is 0 Å². The Labute approximate surface area is 132 Å². The van der Waals surface area contributed by atoms with Gasteiger partial charge in [-0.05, 0) is 13.8 Å². The van der Waals surface area contributed by atoms with Gasteiger partial charge in [0.25, 0.3) is 0 Å². The monoisotopic (exact) mass is 328 g/mol. The van der Waals surface area contributed by atoms with Crippen molar-refractivity contribution < 1.29 is 15.0 Å². The fraction of sp³-hybridized carbons (Fsp3) is 0.500. The summed E-state index contributed by atoms with van der Waals surface area (Å²) >= 11 is 2.97. The normalized spacial score (nSPS) is 10.1. The second-order valence-electron chi connectivity index (χ2n) is 4.39. The smallest absolute Gasteiger partial charge is 0.188 e. The highest BCUT2D eigenvalue weighted by Gasteiger charge is 2.09. The number of ketones is 1. The van der Waals surface area contributed by atoms with Crippen molar-refractivity contribution in [2.24, 2.45) is 0 Å². The maximum absolute atomic E-state index is 10.9. The second kappa shape index (κ2) is 8.99. The van der Waals surface area contributed by atoms with Gasteiger partial charge in [0, 0.05) is 42.7 Å². The molecule has 0 radical (unpaired) electrons. The first kappa shape index (κ1) is 17.9. The molecule has 0 aliphatic heterocycles. The molecule has 0 fully saturated rings. The summed E-state index contributed by atoms with van der Waals surface area (Å²) in [7, 11) is 0. The number of rotatable bonds is 5. The third kappa shape index (κ3) is 5.62. The lowest BCUT2D eigenvalue weighted by molar-refractivity contribution is 0.101. The number of nitrogens with zero attached hydrogens (tertiary/aromatic N) is 2. The van der Waals surface area contributed by atoms with Gasteiger partial charge in [-0.25, -0.2) is 9.97 Å². The minimum Gasteiger partial charge on any atom is -0.396 e. The van der Waals surface area contributed by atoms with Crippen LogP contribution in [0.2, 0.25) is 0 Å². The fourth-order valence-corrected chi connectivity index (χ4v) is 3.30. The van der Waals surface area contributed by atoms with Gasteiger partial charge in [0.2, 0.25) is 0 Å². The van der Waals surface area contributed by atoms with Crippen LogP contribution in [0.1, 0.15) is 37.9 Å². The third-order valence-electron chi connectivity index (χ3n) is 2.72. The molecule has 5 nitrogen and oxygen atoms in total. The first-order valence-corrected chi connectivity index (χ1v) is 8.27. The Kier molecular flexibility index (Phi) is 7.66. The van der Waals surface area contributed by atoms with E-state index in [1.165, 1.54) is 23.1 Å². The van der Waals surface area contributed by atoms with Gasteiger partial charge in [0.1, 0.15) is 0 Å². The predicted octanol–water partition coefficient (Wildman–Crippen LogP) is 2.18. The third-order valence-corrected chi connectivity index (χ3v) is 5.03. The van der Waals surface area contributed by atoms with Crippen LogP contribution in [0.25, 0.3) is 0 Å². The quantitative estimate of drug-likeness (QED) is 0.822. The Morgan fingerprint density at radius 3 is 2.19 bits per heavy atom. The molecular formula is C14H20N2O3S2. The number of aliphatic hydroxyl groups excluding tert-OH is 2. The SMILES string of the molecule is CC(=O)c1nc(C)c(CCO)s1.Cc1ncsc1CCO. The molecule has 0 spiro atoms. The first-order chi connectivity index (χ1) is 9.99. The number of hydrogen-bond donors (Lipinski definition) is 2. The predicted molar refractivity (Wildman–Crippen MR) is 85.3 cm³/mol. The van der Waals surface area contributed by atoms with Gasteiger partial charge in [0.15, 0.2) is 10.8 Å². The van der Waals surface area contributed by atoms with Crippen molar-refractivity contribution in [1.29, 1.82) is 0 Å². The summed E-state index contributed by atoms with van der Waals surface area (Å²) in [6, 6.07) is 0. The largest absolute Gasteiger partial charge is 0.396 e. The number of aromatic nitrogens is 2. The summed E-state index contributed by atoms with van der Waals surface area (Å²) in [5.74, 6) is -0.00714. The number of carbonyl (C=O) groups is 1. The maximum Gasteiger partial charge on any atom is 0.188 e. The highest BCUT2D eigenvalue weighted by atomic mass is 32.1. The molecule has 2 aromatic rings. The van der Waals surface area contributed by atoms with Crippen molar-refractivity contribution in [2.45, 2.75) is 33.6 Å². The number of aliphatic hydroxyl groups is 2. The Hall–Kier alpha value is -1.15. The Morgan fingerprint density at radius 2 is 1.76 bits per heavy atom. The van der Waals surface area contributed by atoms with Crippen molar-refractivity contribution >= 4 is 28.5 Å². The molecule has 0 aromatic carbocycles. The van der Waals surface area contributed by atoms with Crippen LogP contribution < -0.4 is 0 Å². The van der Waals surface area contributed by atoms with Crippen LogP contribution in [0.3, 0.4) is 0 Å². The molecule has 0 saturated heterocycles. The zero-order valence-electron chi connectivity index (χ0n) is 12.4. The van der Waals surface area contributed by atoms with Crippen molar-refractivity contribution in [3.63, 3.8) is 0 Å². The lowest BCUT2D eigenvalue weighted by Crippen LogP contribution is -1.89. The van der Waals surface area contributed by atoms with Crippen molar-refractivity contribution in [1.82, 2.24) is 9.97 Å². The van der Waals surface area contributed by atoms with Crippen LogP contribution >= 0.6 is 22.7 Å². The van der Waals surface area contributed by atoms with Crippen LogP contribution in [0.5, 0.6) is 0 Å². The van der Waals surface area contributed by atoms with Gasteiger partial charge < -0.3 is 10.2 Å². The summed E-state index contributed by atoms with van der Waals surface area (Å²) in [6.45, 7) is 5.65. The number of thiazole rings is 2. The Balaban J connectivity index is 0.000000219. The van der Waals surface area contributed by atoms with E-state index in [9.17, 15) is 4.79 Å². The summed E-state index contributed by atoms with van der Waals surface area (Å²) in [5.41, 5.74) is 3.72. The summed E-state index contributed by atoms with van der Waals surface area (Å²) < 4.78 is 0. The Morgan fingerprint density at radius 1 is 1.14 bits per heavy atom. The van der Waals surface area contributed by atoms with Gasteiger partial charge in [-0.1, -0.05) is 0 Å². The number of carbonyl (C=O) groups excluding carboxylic acids is 1.